The van der Waals surface area contributed by atoms with Crippen LogP contribution in [0.4, 0.5) is 13.2 Å². The number of likely N-dealkylation sites (N-methyl/N-ethyl adjacent to an activating group) is 1. The number of rotatable bonds is 9. The zero-order valence-electron chi connectivity index (χ0n) is 11.6. The molecule has 0 amide bonds. The second-order valence-electron chi connectivity index (χ2n) is 4.38. The van der Waals surface area contributed by atoms with Crippen molar-refractivity contribution in [3.8, 4) is 0 Å². The largest absolute Gasteiger partial charge is 0.465 e. The number of nitrogens with one attached hydrogen (secondary N) is 1. The lowest BCUT2D eigenvalue weighted by Gasteiger charge is -2.26. The molecule has 114 valence electrons. The first kappa shape index (κ1) is 18.2. The van der Waals surface area contributed by atoms with Crippen molar-refractivity contribution in [3.05, 3.63) is 0 Å². The van der Waals surface area contributed by atoms with E-state index in [4.69, 9.17) is 9.47 Å². The third-order valence-corrected chi connectivity index (χ3v) is 2.77. The van der Waals surface area contributed by atoms with E-state index < -0.39 is 24.1 Å². The molecule has 0 aromatic carbocycles. The molecular weight excluding hydrogens is 263 g/mol. The number of hydrogen-bond donors (Lipinski definition) is 1. The lowest BCUT2D eigenvalue weighted by atomic mass is 9.99. The van der Waals surface area contributed by atoms with Crippen molar-refractivity contribution in [2.75, 3.05) is 26.9 Å². The van der Waals surface area contributed by atoms with Crippen LogP contribution in [0.5, 0.6) is 0 Å². The number of alkyl halides is 3. The van der Waals surface area contributed by atoms with E-state index in [2.05, 4.69) is 5.32 Å². The van der Waals surface area contributed by atoms with Gasteiger partial charge in [0.2, 0.25) is 0 Å². The van der Waals surface area contributed by atoms with Gasteiger partial charge in [-0.2, -0.15) is 13.2 Å². The lowest BCUT2D eigenvalue weighted by molar-refractivity contribution is -0.151. The molecule has 1 unspecified atom stereocenters. The fourth-order valence-corrected chi connectivity index (χ4v) is 1.37. The van der Waals surface area contributed by atoms with Crippen LogP contribution in [0.1, 0.15) is 33.1 Å². The van der Waals surface area contributed by atoms with E-state index in [1.54, 1.807) is 20.9 Å². The van der Waals surface area contributed by atoms with Crippen molar-refractivity contribution in [2.24, 2.45) is 0 Å². The molecule has 19 heavy (non-hydrogen) atoms. The molecule has 0 spiro atoms. The van der Waals surface area contributed by atoms with Gasteiger partial charge in [-0.05, 0) is 33.7 Å². The van der Waals surface area contributed by atoms with E-state index in [9.17, 15) is 18.0 Å². The third-order valence-electron chi connectivity index (χ3n) is 2.77. The molecule has 0 saturated heterocycles. The van der Waals surface area contributed by atoms with Crippen molar-refractivity contribution in [1.29, 1.82) is 0 Å². The Morgan fingerprint density at radius 3 is 2.32 bits per heavy atom. The Morgan fingerprint density at radius 1 is 1.21 bits per heavy atom. The zero-order chi connectivity index (χ0) is 14.9. The molecule has 0 aromatic rings. The summed E-state index contributed by atoms with van der Waals surface area (Å²) in [5.41, 5.74) is -0.875. The highest BCUT2D eigenvalue weighted by Crippen LogP contribution is 2.21. The predicted octanol–water partition coefficient (Wildman–Crippen LogP) is 2.28. The fraction of sp³-hybridized carbons (Fsp3) is 0.917. The Morgan fingerprint density at radius 2 is 1.84 bits per heavy atom. The number of ether oxygens (including phenoxy) is 2. The monoisotopic (exact) mass is 285 g/mol. The van der Waals surface area contributed by atoms with E-state index in [1.165, 1.54) is 0 Å². The summed E-state index contributed by atoms with van der Waals surface area (Å²) in [4.78, 5) is 11.7. The maximum Gasteiger partial charge on any atom is 0.389 e. The molecule has 0 rings (SSSR count). The molecule has 0 aliphatic rings. The minimum atomic E-state index is -4.15. The second-order valence-corrected chi connectivity index (χ2v) is 4.38. The van der Waals surface area contributed by atoms with E-state index in [-0.39, 0.29) is 26.2 Å². The average Bonchev–Trinajstić information content (AvgIpc) is 2.32. The van der Waals surface area contributed by atoms with Gasteiger partial charge in [0.05, 0.1) is 6.61 Å². The first-order valence-corrected chi connectivity index (χ1v) is 6.26. The van der Waals surface area contributed by atoms with Crippen LogP contribution in [0.25, 0.3) is 0 Å². The van der Waals surface area contributed by atoms with Crippen molar-refractivity contribution < 1.29 is 27.4 Å². The van der Waals surface area contributed by atoms with Crippen LogP contribution in [0.2, 0.25) is 0 Å². The van der Waals surface area contributed by atoms with Gasteiger partial charge in [0.15, 0.2) is 0 Å². The number of carbonyl (C=O) groups excluding carboxylic acids is 1. The summed E-state index contributed by atoms with van der Waals surface area (Å²) in [6.45, 7) is 3.89. The fourth-order valence-electron chi connectivity index (χ4n) is 1.37. The summed E-state index contributed by atoms with van der Waals surface area (Å²) in [6.07, 6.45) is -4.73. The van der Waals surface area contributed by atoms with E-state index in [0.717, 1.165) is 0 Å². The molecule has 1 atom stereocenters. The first-order valence-electron chi connectivity index (χ1n) is 6.26. The third kappa shape index (κ3) is 8.05. The van der Waals surface area contributed by atoms with Gasteiger partial charge in [-0.3, -0.25) is 4.79 Å². The van der Waals surface area contributed by atoms with Gasteiger partial charge < -0.3 is 14.8 Å². The van der Waals surface area contributed by atoms with Gasteiger partial charge in [-0.25, -0.2) is 0 Å². The molecule has 4 nitrogen and oxygen atoms in total. The summed E-state index contributed by atoms with van der Waals surface area (Å²) in [5.74, 6) is -0.392. The molecule has 7 heteroatoms. The van der Waals surface area contributed by atoms with Crippen molar-refractivity contribution in [1.82, 2.24) is 5.32 Å². The van der Waals surface area contributed by atoms with E-state index in [1.807, 2.05) is 0 Å². The Bertz CT molecular complexity index is 271. The Kier molecular flexibility index (Phi) is 8.01. The van der Waals surface area contributed by atoms with Crippen LogP contribution in [-0.2, 0) is 14.3 Å². The van der Waals surface area contributed by atoms with Crippen molar-refractivity contribution in [2.45, 2.75) is 44.8 Å². The molecule has 0 aromatic heterocycles. The van der Waals surface area contributed by atoms with Gasteiger partial charge in [0.25, 0.3) is 0 Å². The van der Waals surface area contributed by atoms with Gasteiger partial charge in [0.1, 0.15) is 5.54 Å². The summed E-state index contributed by atoms with van der Waals surface area (Å²) in [7, 11) is 1.63. The predicted molar refractivity (Wildman–Crippen MR) is 64.8 cm³/mol. The SMILES string of the molecule is CCOC(=O)C(C)(CCOCCCC(F)(F)F)NC. The molecule has 0 aliphatic carbocycles. The van der Waals surface area contributed by atoms with Gasteiger partial charge in [-0.1, -0.05) is 0 Å². The Balaban J connectivity index is 3.87. The summed E-state index contributed by atoms with van der Waals surface area (Å²) in [5, 5.41) is 2.84. The molecule has 0 saturated carbocycles. The second kappa shape index (κ2) is 8.37. The number of halogens is 3. The zero-order valence-corrected chi connectivity index (χ0v) is 11.6. The maximum atomic E-state index is 11.9. The van der Waals surface area contributed by atoms with Gasteiger partial charge in [-0.15, -0.1) is 0 Å². The van der Waals surface area contributed by atoms with Crippen LogP contribution in [0, 0.1) is 0 Å². The molecule has 0 bridgehead atoms. The molecular formula is C12H22F3NO3. The number of hydrogen-bond acceptors (Lipinski definition) is 4. The minimum Gasteiger partial charge on any atom is -0.465 e. The highest BCUT2D eigenvalue weighted by Gasteiger charge is 2.32. The van der Waals surface area contributed by atoms with E-state index >= 15 is 0 Å². The first-order chi connectivity index (χ1) is 8.75. The van der Waals surface area contributed by atoms with E-state index in [0.29, 0.717) is 6.42 Å². The van der Waals surface area contributed by atoms with Gasteiger partial charge >= 0.3 is 12.1 Å². The lowest BCUT2D eigenvalue weighted by Crippen LogP contribution is -2.49. The van der Waals surface area contributed by atoms with Crippen LogP contribution in [-0.4, -0.2) is 44.6 Å². The summed E-state index contributed by atoms with van der Waals surface area (Å²) < 4.78 is 45.6. The Hall–Kier alpha value is -0.820. The maximum absolute atomic E-state index is 11.9. The normalized spacial score (nSPS) is 15.1. The minimum absolute atomic E-state index is 0.0299. The topological polar surface area (TPSA) is 47.6 Å². The van der Waals surface area contributed by atoms with Crippen LogP contribution in [0.3, 0.4) is 0 Å². The van der Waals surface area contributed by atoms with Crippen LogP contribution >= 0.6 is 0 Å². The summed E-state index contributed by atoms with van der Waals surface area (Å²) in [6, 6.07) is 0. The van der Waals surface area contributed by atoms with Crippen LogP contribution in [0.15, 0.2) is 0 Å². The molecule has 0 heterocycles. The quantitative estimate of drug-likeness (QED) is 0.521. The highest BCUT2D eigenvalue weighted by atomic mass is 19.4. The molecule has 0 radical (unpaired) electrons. The number of carbonyl (C=O) groups is 1. The highest BCUT2D eigenvalue weighted by molar-refractivity contribution is 5.80. The van der Waals surface area contributed by atoms with Crippen molar-refractivity contribution >= 4 is 5.97 Å². The smallest absolute Gasteiger partial charge is 0.389 e. The Labute approximate surface area is 111 Å². The standard InChI is InChI=1S/C12H22F3NO3/c1-4-19-10(17)11(2,16-3)7-9-18-8-5-6-12(13,14)15/h16H,4-9H2,1-3H3. The molecule has 1 N–H and O–H groups in total. The van der Waals surface area contributed by atoms with Crippen molar-refractivity contribution in [3.63, 3.8) is 0 Å². The molecule has 0 fully saturated rings. The van der Waals surface area contributed by atoms with Gasteiger partial charge in [0, 0.05) is 19.6 Å². The number of esters is 1. The average molecular weight is 285 g/mol. The molecule has 0 aliphatic heterocycles. The summed E-state index contributed by atoms with van der Waals surface area (Å²) >= 11 is 0. The van der Waals surface area contributed by atoms with Crippen LogP contribution < -0.4 is 5.32 Å².